The number of nitrogens with zero attached hydrogens (tertiary/aromatic N) is 5. The Bertz CT molecular complexity index is 1320. The molecule has 0 spiro atoms. The van der Waals surface area contributed by atoms with Gasteiger partial charge in [-0.3, -0.25) is 14.5 Å². The van der Waals surface area contributed by atoms with Gasteiger partial charge in [0.15, 0.2) is 11.6 Å². The minimum atomic E-state index is -0.114. The van der Waals surface area contributed by atoms with E-state index in [4.69, 9.17) is 4.99 Å². The first-order valence-electron chi connectivity index (χ1n) is 14.2. The van der Waals surface area contributed by atoms with E-state index in [0.29, 0.717) is 6.54 Å². The smallest absolute Gasteiger partial charge is 0.168 e. The fourth-order valence-electron chi connectivity index (χ4n) is 5.23. The third kappa shape index (κ3) is 7.11. The highest BCUT2D eigenvalue weighted by molar-refractivity contribution is 6.06. The molecule has 2 heterocycles. The molecule has 4 aliphatic rings. The minimum Gasteiger partial charge on any atom is -0.299 e. The number of hydrogen-bond acceptors (Lipinski definition) is 4. The normalized spacial score (nSPS) is 24.2. The fraction of sp³-hybridized carbons (Fsp3) is 0.412. The third-order valence-corrected chi connectivity index (χ3v) is 7.97. The van der Waals surface area contributed by atoms with Crippen molar-refractivity contribution in [2.24, 2.45) is 16.3 Å². The van der Waals surface area contributed by atoms with Crippen molar-refractivity contribution in [3.8, 4) is 0 Å². The van der Waals surface area contributed by atoms with E-state index in [2.05, 4.69) is 86.1 Å². The molecule has 5 heteroatoms. The first-order chi connectivity index (χ1) is 18.8. The van der Waals surface area contributed by atoms with Gasteiger partial charge in [0.25, 0.3) is 0 Å². The number of aliphatic imine (C=N–C) groups is 1. The van der Waals surface area contributed by atoms with Crippen LogP contribution in [-0.4, -0.2) is 45.5 Å². The third-order valence-electron chi connectivity index (χ3n) is 7.97. The number of allylic oxidation sites excluding steroid dienone is 12. The molecule has 204 valence electrons. The molecule has 5 nitrogen and oxygen atoms in total. The SMILES string of the molecule is C=C1/C=C(/C)C(C2(C)C=CC(C3CCC3)=CCC2)=NCC=C=Cn2c(CN(C)CC)nnc21.C=C1C=CC=C1. The molecule has 1 aliphatic heterocycles. The second kappa shape index (κ2) is 13.0. The molecule has 0 N–H and O–H groups in total. The molecule has 1 saturated carbocycles. The number of aromatic nitrogens is 3. The summed E-state index contributed by atoms with van der Waals surface area (Å²) < 4.78 is 2.00. The predicted octanol–water partition coefficient (Wildman–Crippen LogP) is 7.52. The number of rotatable bonds is 5. The molecule has 0 aromatic carbocycles. The molecule has 39 heavy (non-hydrogen) atoms. The molecular formula is C34H43N5. The average molecular weight is 522 g/mol. The van der Waals surface area contributed by atoms with Crippen LogP contribution in [0.25, 0.3) is 11.8 Å². The van der Waals surface area contributed by atoms with Gasteiger partial charge in [-0.1, -0.05) is 76.0 Å². The van der Waals surface area contributed by atoms with Gasteiger partial charge in [-0.25, -0.2) is 0 Å². The molecule has 1 aromatic rings. The lowest BCUT2D eigenvalue weighted by atomic mass is 9.77. The molecule has 1 atom stereocenters. The van der Waals surface area contributed by atoms with Crippen molar-refractivity contribution in [3.05, 3.63) is 102 Å². The molecule has 5 rings (SSSR count). The summed E-state index contributed by atoms with van der Waals surface area (Å²) in [5, 5.41) is 8.92. The molecule has 1 fully saturated rings. The van der Waals surface area contributed by atoms with E-state index in [9.17, 15) is 0 Å². The molecule has 0 radical (unpaired) electrons. The van der Waals surface area contributed by atoms with Crippen molar-refractivity contribution >= 4 is 17.5 Å². The van der Waals surface area contributed by atoms with Gasteiger partial charge in [0.2, 0.25) is 0 Å². The highest BCUT2D eigenvalue weighted by Gasteiger charge is 2.31. The topological polar surface area (TPSA) is 46.3 Å². The Morgan fingerprint density at radius 1 is 1.15 bits per heavy atom. The van der Waals surface area contributed by atoms with Gasteiger partial charge in [-0.15, -0.1) is 15.9 Å². The summed E-state index contributed by atoms with van der Waals surface area (Å²) in [6.07, 6.45) is 27.3. The lowest BCUT2D eigenvalue weighted by Crippen LogP contribution is -2.27. The second-order valence-electron chi connectivity index (χ2n) is 11.1. The van der Waals surface area contributed by atoms with Crippen molar-refractivity contribution in [2.45, 2.75) is 59.4 Å². The monoisotopic (exact) mass is 521 g/mol. The zero-order valence-corrected chi connectivity index (χ0v) is 24.2. The largest absolute Gasteiger partial charge is 0.299 e. The Hall–Kier alpha value is -3.53. The van der Waals surface area contributed by atoms with Gasteiger partial charge in [0.1, 0.15) is 0 Å². The van der Waals surface area contributed by atoms with Gasteiger partial charge < -0.3 is 0 Å². The first kappa shape index (κ1) is 28.5. The Morgan fingerprint density at radius 2 is 1.92 bits per heavy atom. The Balaban J connectivity index is 0.000000519. The van der Waals surface area contributed by atoms with E-state index >= 15 is 0 Å². The maximum absolute atomic E-state index is 5.06. The Morgan fingerprint density at radius 3 is 2.56 bits per heavy atom. The zero-order valence-electron chi connectivity index (χ0n) is 24.2. The van der Waals surface area contributed by atoms with Gasteiger partial charge in [0, 0.05) is 16.7 Å². The van der Waals surface area contributed by atoms with Crippen LogP contribution in [-0.2, 0) is 6.54 Å². The van der Waals surface area contributed by atoms with Gasteiger partial charge in [0.05, 0.1) is 19.3 Å². The summed E-state index contributed by atoms with van der Waals surface area (Å²) in [6.45, 7) is 16.9. The summed E-state index contributed by atoms with van der Waals surface area (Å²) in [7, 11) is 2.08. The molecule has 1 unspecified atom stereocenters. The van der Waals surface area contributed by atoms with Crippen molar-refractivity contribution in [1.29, 1.82) is 0 Å². The molecule has 3 aliphatic carbocycles. The van der Waals surface area contributed by atoms with Crippen molar-refractivity contribution in [1.82, 2.24) is 19.7 Å². The van der Waals surface area contributed by atoms with E-state index in [1.54, 1.807) is 0 Å². The van der Waals surface area contributed by atoms with E-state index in [1.807, 2.05) is 41.1 Å². The summed E-state index contributed by atoms with van der Waals surface area (Å²) in [5.74, 6) is 2.40. The molecule has 0 amide bonds. The van der Waals surface area contributed by atoms with Crippen LogP contribution in [0.15, 0.2) is 95.3 Å². The zero-order chi connectivity index (χ0) is 27.8. The molecular weight excluding hydrogens is 478 g/mol. The lowest BCUT2D eigenvalue weighted by Gasteiger charge is -2.28. The average Bonchev–Trinajstić information content (AvgIpc) is 3.46. The maximum atomic E-state index is 5.06. The highest BCUT2D eigenvalue weighted by Crippen LogP contribution is 2.39. The van der Waals surface area contributed by atoms with Crippen LogP contribution in [0.5, 0.6) is 0 Å². The van der Waals surface area contributed by atoms with Crippen LogP contribution in [0.4, 0.5) is 0 Å². The van der Waals surface area contributed by atoms with Crippen molar-refractivity contribution < 1.29 is 0 Å². The first-order valence-corrected chi connectivity index (χ1v) is 14.2. The quantitative estimate of drug-likeness (QED) is 0.377. The van der Waals surface area contributed by atoms with Crippen LogP contribution >= 0.6 is 0 Å². The number of fused-ring (bicyclic) bond motifs is 1. The van der Waals surface area contributed by atoms with E-state index in [0.717, 1.165) is 65.9 Å². The van der Waals surface area contributed by atoms with Crippen LogP contribution < -0.4 is 0 Å². The van der Waals surface area contributed by atoms with E-state index in [-0.39, 0.29) is 5.41 Å². The van der Waals surface area contributed by atoms with Gasteiger partial charge in [-0.2, -0.15) is 0 Å². The summed E-state index contributed by atoms with van der Waals surface area (Å²) in [6, 6.07) is 0. The molecule has 0 saturated heterocycles. The second-order valence-corrected chi connectivity index (χ2v) is 11.1. The van der Waals surface area contributed by atoms with Crippen LogP contribution in [0.2, 0.25) is 0 Å². The van der Waals surface area contributed by atoms with E-state index < -0.39 is 0 Å². The van der Waals surface area contributed by atoms with Crippen molar-refractivity contribution in [2.75, 3.05) is 20.1 Å². The summed E-state index contributed by atoms with van der Waals surface area (Å²) in [4.78, 5) is 7.26. The van der Waals surface area contributed by atoms with Crippen LogP contribution in [0, 0.1) is 11.3 Å². The standard InChI is InChI=1S/C28H37N5.C6H6/c1-6-32(5)20-25-30-31-27-22(3)19-21(2)26(29-17-7-8-18-33(25)27)28(4)15-10-13-24(14-16-28)23-11-9-12-23;1-6-4-2-3-5-6/h7,13-14,16,18-19,23H,3,6,9-12,15,17,20H2,1-2,4-5H3;2-5H,1H2/b21-19-,29-26?;. The fourth-order valence-corrected chi connectivity index (χ4v) is 5.23. The molecule has 0 bridgehead atoms. The van der Waals surface area contributed by atoms with Gasteiger partial charge in [-0.05, 0) is 81.0 Å². The van der Waals surface area contributed by atoms with Crippen LogP contribution in [0.1, 0.15) is 64.5 Å². The lowest BCUT2D eigenvalue weighted by molar-refractivity contribution is 0.334. The van der Waals surface area contributed by atoms with E-state index in [1.165, 1.54) is 24.8 Å². The summed E-state index contributed by atoms with van der Waals surface area (Å²) >= 11 is 0. The highest BCUT2D eigenvalue weighted by atomic mass is 15.3. The Labute approximate surface area is 234 Å². The predicted molar refractivity (Wildman–Crippen MR) is 165 cm³/mol. The maximum Gasteiger partial charge on any atom is 0.168 e. The number of hydrogen-bond donors (Lipinski definition) is 0. The minimum absolute atomic E-state index is 0.114. The van der Waals surface area contributed by atoms with Crippen LogP contribution in [0.3, 0.4) is 0 Å². The van der Waals surface area contributed by atoms with Crippen molar-refractivity contribution in [3.63, 3.8) is 0 Å². The Kier molecular flexibility index (Phi) is 9.50. The summed E-state index contributed by atoms with van der Waals surface area (Å²) in [5.41, 5.74) is 8.89. The van der Waals surface area contributed by atoms with Gasteiger partial charge >= 0.3 is 0 Å². The molecule has 1 aromatic heterocycles.